The highest BCUT2D eigenvalue weighted by atomic mass is 32.2. The summed E-state index contributed by atoms with van der Waals surface area (Å²) in [5.74, 6) is 1.32. The van der Waals surface area contributed by atoms with Crippen LogP contribution in [0.5, 0.6) is 0 Å². The lowest BCUT2D eigenvalue weighted by atomic mass is 10.3. The van der Waals surface area contributed by atoms with Gasteiger partial charge in [-0.15, -0.1) is 16.8 Å². The predicted octanol–water partition coefficient (Wildman–Crippen LogP) is 2.54. The zero-order chi connectivity index (χ0) is 19.6. The van der Waals surface area contributed by atoms with Crippen molar-refractivity contribution in [3.8, 4) is 0 Å². The van der Waals surface area contributed by atoms with E-state index in [-0.39, 0.29) is 17.6 Å². The second kappa shape index (κ2) is 8.22. The predicted molar refractivity (Wildman–Crippen MR) is 106 cm³/mol. The number of thiazole rings is 1. The Morgan fingerprint density at radius 3 is 2.78 bits per heavy atom. The van der Waals surface area contributed by atoms with Crippen molar-refractivity contribution in [2.75, 3.05) is 25.2 Å². The number of hydrogen-bond acceptors (Lipinski definition) is 7. The molecule has 1 aliphatic carbocycles. The first kappa shape index (κ1) is 19.6. The SMILES string of the molecule is C=CCn1c(SCC(=O)Nc2nc(C)c(C(=O)N(C)C)s2)nnc1C1CC1. The average Bonchev–Trinajstić information content (AvgIpc) is 3.29. The van der Waals surface area contributed by atoms with Gasteiger partial charge in [-0.05, 0) is 19.8 Å². The van der Waals surface area contributed by atoms with E-state index in [9.17, 15) is 9.59 Å². The van der Waals surface area contributed by atoms with E-state index in [0.717, 1.165) is 18.7 Å². The fourth-order valence-electron chi connectivity index (χ4n) is 2.49. The number of carbonyl (C=O) groups is 2. The molecule has 144 valence electrons. The largest absolute Gasteiger partial charge is 0.344 e. The molecule has 2 aromatic heterocycles. The van der Waals surface area contributed by atoms with E-state index < -0.39 is 0 Å². The van der Waals surface area contributed by atoms with Crippen LogP contribution >= 0.6 is 23.1 Å². The molecule has 1 saturated carbocycles. The molecule has 0 aromatic carbocycles. The van der Waals surface area contributed by atoms with Crippen molar-refractivity contribution in [1.29, 1.82) is 0 Å². The van der Waals surface area contributed by atoms with Crippen molar-refractivity contribution < 1.29 is 9.59 Å². The van der Waals surface area contributed by atoms with Gasteiger partial charge in [0.2, 0.25) is 5.91 Å². The Balaban J connectivity index is 1.61. The zero-order valence-corrected chi connectivity index (χ0v) is 17.2. The Morgan fingerprint density at radius 1 is 1.41 bits per heavy atom. The molecular formula is C17H22N6O2S2. The van der Waals surface area contributed by atoms with Crippen LogP contribution in [0.1, 0.15) is 39.9 Å². The fourth-order valence-corrected chi connectivity index (χ4v) is 4.25. The first-order chi connectivity index (χ1) is 12.9. The zero-order valence-electron chi connectivity index (χ0n) is 15.6. The molecular weight excluding hydrogens is 384 g/mol. The molecule has 0 atom stereocenters. The summed E-state index contributed by atoms with van der Waals surface area (Å²) in [7, 11) is 3.37. The van der Waals surface area contributed by atoms with E-state index in [2.05, 4.69) is 27.1 Å². The summed E-state index contributed by atoms with van der Waals surface area (Å²) in [6, 6.07) is 0. The number of aryl methyl sites for hydroxylation is 1. The van der Waals surface area contributed by atoms with Crippen LogP contribution < -0.4 is 5.32 Å². The van der Waals surface area contributed by atoms with Gasteiger partial charge in [-0.3, -0.25) is 9.59 Å². The van der Waals surface area contributed by atoms with Crippen LogP contribution in [0.15, 0.2) is 17.8 Å². The van der Waals surface area contributed by atoms with E-state index in [1.165, 1.54) is 28.0 Å². The first-order valence-electron chi connectivity index (χ1n) is 8.56. The summed E-state index contributed by atoms with van der Waals surface area (Å²) in [6.45, 7) is 6.17. The van der Waals surface area contributed by atoms with Gasteiger partial charge in [-0.2, -0.15) is 0 Å². The van der Waals surface area contributed by atoms with Gasteiger partial charge in [0, 0.05) is 26.6 Å². The van der Waals surface area contributed by atoms with E-state index in [1.807, 2.05) is 4.57 Å². The van der Waals surface area contributed by atoms with Gasteiger partial charge in [0.15, 0.2) is 10.3 Å². The molecule has 3 rings (SSSR count). The van der Waals surface area contributed by atoms with Gasteiger partial charge in [-0.1, -0.05) is 29.2 Å². The number of carbonyl (C=O) groups excluding carboxylic acids is 2. The molecule has 1 fully saturated rings. The molecule has 0 aliphatic heterocycles. The van der Waals surface area contributed by atoms with E-state index in [4.69, 9.17) is 0 Å². The molecule has 2 aromatic rings. The van der Waals surface area contributed by atoms with Gasteiger partial charge >= 0.3 is 0 Å². The maximum Gasteiger partial charge on any atom is 0.265 e. The van der Waals surface area contributed by atoms with Crippen LogP contribution in [0, 0.1) is 6.92 Å². The molecule has 0 radical (unpaired) electrons. The number of anilines is 1. The lowest BCUT2D eigenvalue weighted by Gasteiger charge is -2.07. The normalized spacial score (nSPS) is 13.4. The molecule has 1 N–H and O–H groups in total. The quantitative estimate of drug-likeness (QED) is 0.535. The summed E-state index contributed by atoms with van der Waals surface area (Å²) < 4.78 is 2.02. The number of allylic oxidation sites excluding steroid dienone is 1. The van der Waals surface area contributed by atoms with Crippen LogP contribution in [0.2, 0.25) is 0 Å². The number of amides is 2. The molecule has 0 saturated heterocycles. The Kier molecular flexibility index (Phi) is 5.95. The molecule has 0 spiro atoms. The molecule has 27 heavy (non-hydrogen) atoms. The molecule has 0 unspecified atom stereocenters. The summed E-state index contributed by atoms with van der Waals surface area (Å²) in [6.07, 6.45) is 4.08. The van der Waals surface area contributed by atoms with Crippen LogP contribution in [-0.4, -0.2) is 56.3 Å². The molecule has 2 heterocycles. The first-order valence-corrected chi connectivity index (χ1v) is 10.4. The lowest BCUT2D eigenvalue weighted by molar-refractivity contribution is -0.113. The third kappa shape index (κ3) is 4.56. The van der Waals surface area contributed by atoms with Gasteiger partial charge in [0.05, 0.1) is 11.4 Å². The van der Waals surface area contributed by atoms with Crippen molar-refractivity contribution in [1.82, 2.24) is 24.6 Å². The average molecular weight is 407 g/mol. The number of aromatic nitrogens is 4. The van der Waals surface area contributed by atoms with Gasteiger partial charge in [-0.25, -0.2) is 4.98 Å². The summed E-state index contributed by atoms with van der Waals surface area (Å²) in [4.78, 5) is 30.7. The monoisotopic (exact) mass is 406 g/mol. The second-order valence-corrected chi connectivity index (χ2v) is 8.43. The van der Waals surface area contributed by atoms with Crippen molar-refractivity contribution in [3.05, 3.63) is 29.1 Å². The van der Waals surface area contributed by atoms with Crippen molar-refractivity contribution in [3.63, 3.8) is 0 Å². The fraction of sp³-hybridized carbons (Fsp3) is 0.471. The molecule has 2 amide bonds. The van der Waals surface area contributed by atoms with Crippen LogP contribution in [-0.2, 0) is 11.3 Å². The highest BCUT2D eigenvalue weighted by Gasteiger charge is 2.30. The van der Waals surface area contributed by atoms with Crippen molar-refractivity contribution in [2.24, 2.45) is 0 Å². The minimum absolute atomic E-state index is 0.120. The molecule has 10 heteroatoms. The Bertz CT molecular complexity index is 869. The lowest BCUT2D eigenvalue weighted by Crippen LogP contribution is -2.21. The minimum atomic E-state index is -0.196. The van der Waals surface area contributed by atoms with Gasteiger partial charge in [0.1, 0.15) is 10.7 Å². The van der Waals surface area contributed by atoms with Gasteiger partial charge in [0.25, 0.3) is 5.91 Å². The topological polar surface area (TPSA) is 93.0 Å². The number of nitrogens with one attached hydrogen (secondary N) is 1. The Hall–Kier alpha value is -2.20. The van der Waals surface area contributed by atoms with Crippen LogP contribution in [0.25, 0.3) is 0 Å². The number of rotatable bonds is 8. The number of nitrogens with zero attached hydrogens (tertiary/aromatic N) is 5. The van der Waals surface area contributed by atoms with Crippen molar-refractivity contribution in [2.45, 2.75) is 37.4 Å². The maximum atomic E-state index is 12.3. The second-order valence-electron chi connectivity index (χ2n) is 6.48. The van der Waals surface area contributed by atoms with Crippen molar-refractivity contribution >= 4 is 40.0 Å². The number of thioether (sulfide) groups is 1. The summed E-state index contributed by atoms with van der Waals surface area (Å²) >= 11 is 2.52. The Labute approximate surface area is 166 Å². The highest BCUT2D eigenvalue weighted by molar-refractivity contribution is 7.99. The van der Waals surface area contributed by atoms with Gasteiger partial charge < -0.3 is 14.8 Å². The third-order valence-corrected chi connectivity index (χ3v) is 6.00. The molecule has 1 aliphatic rings. The highest BCUT2D eigenvalue weighted by Crippen LogP contribution is 2.40. The van der Waals surface area contributed by atoms with Crippen LogP contribution in [0.3, 0.4) is 0 Å². The standard InChI is InChI=1S/C17H22N6O2S2/c1-5-8-23-14(11-6-7-11)20-21-17(23)26-9-12(24)19-16-18-10(2)13(27-16)15(25)22(3)4/h5,11H,1,6-9H2,2-4H3,(H,18,19,24). The molecule has 8 nitrogen and oxygen atoms in total. The maximum absolute atomic E-state index is 12.3. The summed E-state index contributed by atoms with van der Waals surface area (Å²) in [5.41, 5.74) is 0.612. The van der Waals surface area contributed by atoms with E-state index >= 15 is 0 Å². The minimum Gasteiger partial charge on any atom is -0.344 e. The summed E-state index contributed by atoms with van der Waals surface area (Å²) in [5, 5.41) is 12.4. The number of hydrogen-bond donors (Lipinski definition) is 1. The van der Waals surface area contributed by atoms with Crippen LogP contribution in [0.4, 0.5) is 5.13 Å². The smallest absolute Gasteiger partial charge is 0.265 e. The third-order valence-electron chi connectivity index (χ3n) is 3.98. The Morgan fingerprint density at radius 2 is 2.15 bits per heavy atom. The molecule has 0 bridgehead atoms. The van der Waals surface area contributed by atoms with E-state index in [0.29, 0.717) is 33.3 Å². The van der Waals surface area contributed by atoms with E-state index in [1.54, 1.807) is 27.1 Å².